The minimum Gasteiger partial charge on any atom is -0.497 e. The SMILES string of the molecule is COc1ccc(C(NC(=O)NC(c2ccccc2)C2CC2)C2CC2)cc1. The highest BCUT2D eigenvalue weighted by Crippen LogP contribution is 2.42. The van der Waals surface area contributed by atoms with Crippen LogP contribution in [-0.4, -0.2) is 13.1 Å². The van der Waals surface area contributed by atoms with Gasteiger partial charge in [0.15, 0.2) is 0 Å². The number of carbonyl (C=O) groups excluding carboxylic acids is 1. The summed E-state index contributed by atoms with van der Waals surface area (Å²) in [6, 6.07) is 18.4. The molecule has 2 saturated carbocycles. The second-order valence-electron chi connectivity index (χ2n) is 7.43. The van der Waals surface area contributed by atoms with Crippen molar-refractivity contribution in [2.45, 2.75) is 37.8 Å². The van der Waals surface area contributed by atoms with Gasteiger partial charge in [-0.1, -0.05) is 42.5 Å². The van der Waals surface area contributed by atoms with E-state index in [9.17, 15) is 4.79 Å². The lowest BCUT2D eigenvalue weighted by Crippen LogP contribution is -2.41. The zero-order valence-corrected chi connectivity index (χ0v) is 15.2. The zero-order valence-electron chi connectivity index (χ0n) is 15.2. The maximum absolute atomic E-state index is 12.8. The fraction of sp³-hybridized carbons (Fsp3) is 0.409. The predicted octanol–water partition coefficient (Wildman–Crippen LogP) is 4.60. The minimum absolute atomic E-state index is 0.0662. The van der Waals surface area contributed by atoms with Crippen molar-refractivity contribution >= 4 is 6.03 Å². The van der Waals surface area contributed by atoms with Crippen LogP contribution in [0.2, 0.25) is 0 Å². The molecule has 0 saturated heterocycles. The minimum atomic E-state index is -0.0709. The number of carbonyl (C=O) groups is 1. The highest BCUT2D eigenvalue weighted by Gasteiger charge is 2.36. The summed E-state index contributed by atoms with van der Waals surface area (Å²) in [6.45, 7) is 0. The monoisotopic (exact) mass is 350 g/mol. The third-order valence-electron chi connectivity index (χ3n) is 5.39. The maximum Gasteiger partial charge on any atom is 0.315 e. The van der Waals surface area contributed by atoms with Crippen molar-refractivity contribution < 1.29 is 9.53 Å². The lowest BCUT2D eigenvalue weighted by molar-refractivity contribution is 0.230. The molecule has 2 N–H and O–H groups in total. The number of hydrogen-bond donors (Lipinski definition) is 2. The molecule has 136 valence electrons. The molecule has 2 amide bonds. The smallest absolute Gasteiger partial charge is 0.315 e. The number of methoxy groups -OCH3 is 1. The molecule has 0 spiro atoms. The molecule has 4 rings (SSSR count). The van der Waals surface area contributed by atoms with Crippen molar-refractivity contribution in [1.82, 2.24) is 10.6 Å². The molecule has 2 aromatic rings. The van der Waals surface area contributed by atoms with Gasteiger partial charge in [0.25, 0.3) is 0 Å². The molecular formula is C22H26N2O2. The Labute approximate surface area is 155 Å². The Kier molecular flexibility index (Phi) is 4.83. The Bertz CT molecular complexity index is 736. The molecule has 26 heavy (non-hydrogen) atoms. The number of benzene rings is 2. The highest BCUT2D eigenvalue weighted by molar-refractivity contribution is 5.75. The average molecular weight is 350 g/mol. The molecule has 0 radical (unpaired) electrons. The quantitative estimate of drug-likeness (QED) is 0.767. The molecule has 0 aromatic heterocycles. The molecule has 2 unspecified atom stereocenters. The molecule has 2 aliphatic rings. The van der Waals surface area contributed by atoms with Gasteiger partial charge >= 0.3 is 6.03 Å². The topological polar surface area (TPSA) is 50.4 Å². The van der Waals surface area contributed by atoms with Crippen molar-refractivity contribution in [3.05, 3.63) is 65.7 Å². The first-order valence-electron chi connectivity index (χ1n) is 9.50. The van der Waals surface area contributed by atoms with E-state index in [1.165, 1.54) is 31.2 Å². The van der Waals surface area contributed by atoms with Gasteiger partial charge in [0, 0.05) is 0 Å². The largest absolute Gasteiger partial charge is 0.497 e. The van der Waals surface area contributed by atoms with Crippen molar-refractivity contribution in [2.24, 2.45) is 11.8 Å². The second-order valence-corrected chi connectivity index (χ2v) is 7.43. The Balaban J connectivity index is 1.44. The van der Waals surface area contributed by atoms with Gasteiger partial charge in [0.2, 0.25) is 0 Å². The Morgan fingerprint density at radius 2 is 1.35 bits per heavy atom. The normalized spacial score (nSPS) is 18.7. The van der Waals surface area contributed by atoms with Crippen molar-refractivity contribution in [1.29, 1.82) is 0 Å². The highest BCUT2D eigenvalue weighted by atomic mass is 16.5. The van der Waals surface area contributed by atoms with Crippen molar-refractivity contribution in [3.63, 3.8) is 0 Å². The van der Waals surface area contributed by atoms with E-state index in [1.54, 1.807) is 7.11 Å². The first-order chi connectivity index (χ1) is 12.7. The van der Waals surface area contributed by atoms with Crippen LogP contribution >= 0.6 is 0 Å². The summed E-state index contributed by atoms with van der Waals surface area (Å²) in [6.07, 6.45) is 4.71. The van der Waals surface area contributed by atoms with E-state index in [0.717, 1.165) is 11.3 Å². The first kappa shape index (κ1) is 17.0. The summed E-state index contributed by atoms with van der Waals surface area (Å²) in [7, 11) is 1.67. The van der Waals surface area contributed by atoms with E-state index < -0.39 is 0 Å². The molecule has 4 heteroatoms. The van der Waals surface area contributed by atoms with E-state index >= 15 is 0 Å². The van der Waals surface area contributed by atoms with Gasteiger partial charge in [-0.25, -0.2) is 4.79 Å². The fourth-order valence-electron chi connectivity index (χ4n) is 3.60. The molecule has 0 aliphatic heterocycles. The van der Waals surface area contributed by atoms with Crippen LogP contribution in [0, 0.1) is 11.8 Å². The third-order valence-corrected chi connectivity index (χ3v) is 5.39. The van der Waals surface area contributed by atoms with Crippen LogP contribution in [0.25, 0.3) is 0 Å². The summed E-state index contributed by atoms with van der Waals surface area (Å²) >= 11 is 0. The first-order valence-corrected chi connectivity index (χ1v) is 9.50. The van der Waals surface area contributed by atoms with Gasteiger partial charge in [0.05, 0.1) is 19.2 Å². The Morgan fingerprint density at radius 3 is 1.81 bits per heavy atom. The summed E-state index contributed by atoms with van der Waals surface area (Å²) in [5, 5.41) is 6.45. The predicted molar refractivity (Wildman–Crippen MR) is 102 cm³/mol. The van der Waals surface area contributed by atoms with Crippen LogP contribution in [0.1, 0.15) is 48.9 Å². The number of amides is 2. The second kappa shape index (κ2) is 7.40. The van der Waals surface area contributed by atoms with E-state index in [4.69, 9.17) is 4.74 Å². The Hall–Kier alpha value is -2.49. The average Bonchev–Trinajstić information content (AvgIpc) is 3.58. The standard InChI is InChI=1S/C22H26N2O2/c1-26-19-13-11-18(12-14-19)21(17-9-10-17)24-22(25)23-20(16-7-8-16)15-5-3-2-4-6-15/h2-6,11-14,16-17,20-21H,7-10H2,1H3,(H2,23,24,25). The van der Waals surface area contributed by atoms with Gasteiger partial charge in [-0.3, -0.25) is 0 Å². The van der Waals surface area contributed by atoms with Crippen LogP contribution in [0.5, 0.6) is 5.75 Å². The summed E-state index contributed by atoms with van der Waals surface area (Å²) in [4.78, 5) is 12.8. The molecule has 2 aromatic carbocycles. The number of ether oxygens (including phenoxy) is 1. The number of rotatable bonds is 7. The van der Waals surface area contributed by atoms with E-state index in [0.29, 0.717) is 11.8 Å². The van der Waals surface area contributed by atoms with Crippen LogP contribution in [0.4, 0.5) is 4.79 Å². The van der Waals surface area contributed by atoms with Crippen LogP contribution < -0.4 is 15.4 Å². The van der Waals surface area contributed by atoms with Gasteiger partial charge in [-0.05, 0) is 60.8 Å². The molecule has 4 nitrogen and oxygen atoms in total. The van der Waals surface area contributed by atoms with E-state index in [1.807, 2.05) is 30.3 Å². The van der Waals surface area contributed by atoms with Gasteiger partial charge in [0.1, 0.15) is 5.75 Å². The molecular weight excluding hydrogens is 324 g/mol. The van der Waals surface area contributed by atoms with Gasteiger partial charge in [-0.15, -0.1) is 0 Å². The number of hydrogen-bond acceptors (Lipinski definition) is 2. The summed E-state index contributed by atoms with van der Waals surface area (Å²) < 4.78 is 5.24. The lowest BCUT2D eigenvalue weighted by atomic mass is 10.0. The van der Waals surface area contributed by atoms with Crippen molar-refractivity contribution in [2.75, 3.05) is 7.11 Å². The molecule has 2 atom stereocenters. The van der Waals surface area contributed by atoms with Crippen LogP contribution in [0.3, 0.4) is 0 Å². The number of nitrogens with one attached hydrogen (secondary N) is 2. The number of urea groups is 1. The summed E-state index contributed by atoms with van der Waals surface area (Å²) in [5.74, 6) is 1.93. The Morgan fingerprint density at radius 1 is 0.846 bits per heavy atom. The van der Waals surface area contributed by atoms with E-state index in [-0.39, 0.29) is 18.1 Å². The van der Waals surface area contributed by atoms with Crippen LogP contribution in [-0.2, 0) is 0 Å². The van der Waals surface area contributed by atoms with Crippen LogP contribution in [0.15, 0.2) is 54.6 Å². The fourth-order valence-corrected chi connectivity index (χ4v) is 3.60. The molecule has 0 bridgehead atoms. The van der Waals surface area contributed by atoms with Crippen molar-refractivity contribution in [3.8, 4) is 5.75 Å². The lowest BCUT2D eigenvalue weighted by Gasteiger charge is -2.23. The maximum atomic E-state index is 12.8. The van der Waals surface area contributed by atoms with E-state index in [2.05, 4.69) is 34.9 Å². The van der Waals surface area contributed by atoms with Gasteiger partial charge < -0.3 is 15.4 Å². The van der Waals surface area contributed by atoms with Gasteiger partial charge in [-0.2, -0.15) is 0 Å². The summed E-state index contributed by atoms with van der Waals surface area (Å²) in [5.41, 5.74) is 2.34. The third kappa shape index (κ3) is 4.01. The molecule has 2 aliphatic carbocycles. The molecule has 0 heterocycles. The zero-order chi connectivity index (χ0) is 17.9. The molecule has 2 fully saturated rings.